The molecule has 31 heavy (non-hydrogen) atoms. The van der Waals surface area contributed by atoms with Crippen LogP contribution in [-0.4, -0.2) is 43.2 Å². The first-order valence-electron chi connectivity index (χ1n) is 11.8. The largest absolute Gasteiger partial charge is 0.502 e. The maximum Gasteiger partial charge on any atom is 0.400 e. The SMILES string of the molecule is CCCO[Si](C)(CCCN(C(=O)O[Si](C(C)C)(C(C)C)C(C)C)c1ccccc1)OC. The van der Waals surface area contributed by atoms with E-state index in [9.17, 15) is 4.79 Å². The Morgan fingerprint density at radius 2 is 1.55 bits per heavy atom. The molecule has 178 valence electrons. The number of carbonyl (C=O) groups excluding carboxylic acids is 1. The Morgan fingerprint density at radius 3 is 2.00 bits per heavy atom. The molecule has 0 radical (unpaired) electrons. The van der Waals surface area contributed by atoms with Gasteiger partial charge < -0.3 is 13.3 Å². The van der Waals surface area contributed by atoms with Gasteiger partial charge in [-0.1, -0.05) is 66.7 Å². The minimum Gasteiger partial charge on any atom is -0.502 e. The van der Waals surface area contributed by atoms with Crippen molar-refractivity contribution in [2.75, 3.05) is 25.2 Å². The first-order valence-corrected chi connectivity index (χ1v) is 16.4. The van der Waals surface area contributed by atoms with Crippen LogP contribution in [0.3, 0.4) is 0 Å². The first-order chi connectivity index (χ1) is 14.5. The lowest BCUT2D eigenvalue weighted by atomic mass is 10.3. The van der Waals surface area contributed by atoms with Crippen LogP contribution in [-0.2, 0) is 13.3 Å². The molecule has 7 heteroatoms. The molecule has 0 aliphatic carbocycles. The minimum absolute atomic E-state index is 0.218. The van der Waals surface area contributed by atoms with E-state index in [1.807, 2.05) is 30.3 Å². The fourth-order valence-electron chi connectivity index (χ4n) is 4.60. The van der Waals surface area contributed by atoms with Crippen LogP contribution in [0.1, 0.15) is 61.3 Å². The number of para-hydroxylation sites is 1. The zero-order chi connectivity index (χ0) is 23.7. The molecule has 1 amide bonds. The predicted molar refractivity (Wildman–Crippen MR) is 136 cm³/mol. The van der Waals surface area contributed by atoms with Crippen molar-refractivity contribution in [2.45, 2.75) is 90.5 Å². The van der Waals surface area contributed by atoms with Crippen LogP contribution in [0.25, 0.3) is 0 Å². The van der Waals surface area contributed by atoms with E-state index >= 15 is 0 Å². The second kappa shape index (κ2) is 12.8. The van der Waals surface area contributed by atoms with Crippen LogP contribution in [0.5, 0.6) is 0 Å². The Labute approximate surface area is 192 Å². The highest BCUT2D eigenvalue weighted by Crippen LogP contribution is 2.42. The molecule has 1 unspecified atom stereocenters. The number of benzene rings is 1. The van der Waals surface area contributed by atoms with Crippen molar-refractivity contribution in [1.29, 1.82) is 0 Å². The molecule has 0 N–H and O–H groups in total. The summed E-state index contributed by atoms with van der Waals surface area (Å²) in [6.45, 7) is 18.7. The normalized spacial score (nSPS) is 14.2. The monoisotopic (exact) mass is 467 g/mol. The van der Waals surface area contributed by atoms with Gasteiger partial charge in [-0.2, -0.15) is 0 Å². The number of hydrogen-bond acceptors (Lipinski definition) is 4. The van der Waals surface area contributed by atoms with Crippen molar-refractivity contribution in [1.82, 2.24) is 0 Å². The molecule has 5 nitrogen and oxygen atoms in total. The van der Waals surface area contributed by atoms with Crippen LogP contribution >= 0.6 is 0 Å². The molecule has 0 aromatic heterocycles. The van der Waals surface area contributed by atoms with Crippen molar-refractivity contribution in [2.24, 2.45) is 0 Å². The molecule has 1 aromatic carbocycles. The maximum atomic E-state index is 13.6. The van der Waals surface area contributed by atoms with Crippen molar-refractivity contribution >= 4 is 28.7 Å². The average Bonchev–Trinajstić information content (AvgIpc) is 2.73. The molecule has 0 aliphatic rings. The number of hydrogen-bond donors (Lipinski definition) is 0. The van der Waals surface area contributed by atoms with E-state index in [2.05, 4.69) is 55.0 Å². The lowest BCUT2D eigenvalue weighted by Gasteiger charge is -2.42. The van der Waals surface area contributed by atoms with Crippen molar-refractivity contribution in [3.05, 3.63) is 30.3 Å². The fourth-order valence-corrected chi connectivity index (χ4v) is 11.6. The topological polar surface area (TPSA) is 48.0 Å². The summed E-state index contributed by atoms with van der Waals surface area (Å²) < 4.78 is 18.3. The van der Waals surface area contributed by atoms with Gasteiger partial charge in [0.2, 0.25) is 0 Å². The van der Waals surface area contributed by atoms with Gasteiger partial charge in [-0.15, -0.1) is 0 Å². The molecule has 0 bridgehead atoms. The predicted octanol–water partition coefficient (Wildman–Crippen LogP) is 7.34. The van der Waals surface area contributed by atoms with E-state index in [1.54, 1.807) is 12.0 Å². The Morgan fingerprint density at radius 1 is 1.00 bits per heavy atom. The van der Waals surface area contributed by atoms with Gasteiger partial charge in [0, 0.05) is 25.9 Å². The van der Waals surface area contributed by atoms with Crippen molar-refractivity contribution in [3.63, 3.8) is 0 Å². The Bertz CT molecular complexity index is 632. The molecule has 0 saturated heterocycles. The van der Waals surface area contributed by atoms with Crippen LogP contribution in [0.15, 0.2) is 30.3 Å². The summed E-state index contributed by atoms with van der Waals surface area (Å²) in [4.78, 5) is 15.4. The molecule has 0 heterocycles. The molecular formula is C24H45NO4Si2. The molecule has 0 saturated carbocycles. The zero-order valence-corrected chi connectivity index (χ0v) is 23.2. The number of amides is 1. The summed E-state index contributed by atoms with van der Waals surface area (Å²) >= 11 is 0. The molecule has 0 fully saturated rings. The average molecular weight is 468 g/mol. The number of anilines is 1. The number of carbonyl (C=O) groups is 1. The van der Waals surface area contributed by atoms with Gasteiger partial charge in [0.25, 0.3) is 8.32 Å². The summed E-state index contributed by atoms with van der Waals surface area (Å²) in [5, 5.41) is 0. The fraction of sp³-hybridized carbons (Fsp3) is 0.708. The van der Waals surface area contributed by atoms with Gasteiger partial charge >= 0.3 is 14.7 Å². The molecule has 0 aliphatic heterocycles. The molecule has 1 atom stereocenters. The maximum absolute atomic E-state index is 13.6. The lowest BCUT2D eigenvalue weighted by molar-refractivity contribution is 0.198. The van der Waals surface area contributed by atoms with E-state index in [0.29, 0.717) is 29.8 Å². The Hall–Kier alpha value is -1.16. The van der Waals surface area contributed by atoms with Crippen LogP contribution in [0, 0.1) is 0 Å². The molecule has 1 aromatic rings. The summed E-state index contributed by atoms with van der Waals surface area (Å²) in [7, 11) is -2.80. The highest BCUT2D eigenvalue weighted by atomic mass is 28.4. The van der Waals surface area contributed by atoms with Crippen LogP contribution < -0.4 is 4.90 Å². The molecular weight excluding hydrogens is 422 g/mol. The number of rotatable bonds is 13. The minimum atomic E-state index is -2.32. The summed E-state index contributed by atoms with van der Waals surface area (Å²) in [6, 6.07) is 10.7. The summed E-state index contributed by atoms with van der Waals surface area (Å²) in [6.07, 6.45) is 1.56. The van der Waals surface area contributed by atoms with E-state index in [-0.39, 0.29) is 6.09 Å². The van der Waals surface area contributed by atoms with Gasteiger partial charge in [0.05, 0.1) is 0 Å². The third-order valence-corrected chi connectivity index (χ3v) is 15.2. The third kappa shape index (κ3) is 7.44. The standard InChI is InChI=1S/C24H45NO4Si2/c1-10-18-28-30(9,27-8)19-14-17-25(23-15-12-11-13-16-23)24(26)29-31(20(2)3,21(4)5)22(6)7/h11-13,15-16,20-22H,10,14,17-19H2,1-9H3. The van der Waals surface area contributed by atoms with Gasteiger partial charge in [-0.25, -0.2) is 4.79 Å². The first kappa shape index (κ1) is 27.9. The molecule has 1 rings (SSSR count). The Kier molecular flexibility index (Phi) is 11.5. The smallest absolute Gasteiger partial charge is 0.400 e. The summed E-state index contributed by atoms with van der Waals surface area (Å²) in [5.74, 6) is 0. The lowest BCUT2D eigenvalue weighted by Crippen LogP contribution is -2.52. The van der Waals surface area contributed by atoms with Gasteiger partial charge in [-0.3, -0.25) is 4.90 Å². The Balaban J connectivity index is 3.07. The summed E-state index contributed by atoms with van der Waals surface area (Å²) in [5.41, 5.74) is 1.92. The highest BCUT2D eigenvalue weighted by Gasteiger charge is 2.49. The van der Waals surface area contributed by atoms with Gasteiger partial charge in [0.15, 0.2) is 0 Å². The zero-order valence-electron chi connectivity index (χ0n) is 21.2. The van der Waals surface area contributed by atoms with Crippen molar-refractivity contribution < 1.29 is 18.1 Å². The van der Waals surface area contributed by atoms with Crippen LogP contribution in [0.4, 0.5) is 10.5 Å². The third-order valence-electron chi connectivity index (χ3n) is 6.32. The number of nitrogens with zero attached hydrogens (tertiary/aromatic N) is 1. The molecule has 0 spiro atoms. The quantitative estimate of drug-likeness (QED) is 0.285. The van der Waals surface area contributed by atoms with E-state index in [4.69, 9.17) is 13.3 Å². The van der Waals surface area contributed by atoms with Gasteiger partial charge in [0.1, 0.15) is 0 Å². The van der Waals surface area contributed by atoms with Crippen molar-refractivity contribution in [3.8, 4) is 0 Å². The highest BCUT2D eigenvalue weighted by molar-refractivity contribution is 6.79. The van der Waals surface area contributed by atoms with E-state index < -0.39 is 16.9 Å². The van der Waals surface area contributed by atoms with E-state index in [0.717, 1.165) is 24.6 Å². The van der Waals surface area contributed by atoms with Crippen LogP contribution in [0.2, 0.25) is 29.2 Å². The van der Waals surface area contributed by atoms with Gasteiger partial charge in [-0.05, 0) is 54.2 Å². The second-order valence-corrected chi connectivity index (χ2v) is 18.3. The second-order valence-electron chi connectivity index (χ2n) is 9.46. The van der Waals surface area contributed by atoms with E-state index in [1.165, 1.54) is 0 Å².